The lowest BCUT2D eigenvalue weighted by Crippen LogP contribution is -2.38. The topological polar surface area (TPSA) is 36.4 Å². The summed E-state index contributed by atoms with van der Waals surface area (Å²) >= 11 is 0. The van der Waals surface area contributed by atoms with Crippen molar-refractivity contribution in [1.29, 1.82) is 0 Å². The molecular formula is C18H27N3O. The van der Waals surface area contributed by atoms with E-state index in [4.69, 9.17) is 0 Å². The maximum absolute atomic E-state index is 12.7. The Labute approximate surface area is 133 Å². The second-order valence-electron chi connectivity index (χ2n) is 6.76. The number of hydrogen-bond acceptors (Lipinski definition) is 3. The van der Waals surface area contributed by atoms with E-state index in [2.05, 4.69) is 16.8 Å². The average molecular weight is 301 g/mol. The highest BCUT2D eigenvalue weighted by molar-refractivity contribution is 5.92. The Morgan fingerprint density at radius 1 is 1.05 bits per heavy atom. The van der Waals surface area contributed by atoms with Gasteiger partial charge < -0.3 is 9.80 Å². The van der Waals surface area contributed by atoms with Gasteiger partial charge in [-0.15, -0.1) is 0 Å². The minimum atomic E-state index is 0.101. The van der Waals surface area contributed by atoms with E-state index in [0.717, 1.165) is 50.8 Å². The minimum Gasteiger partial charge on any atom is -0.357 e. The molecular weight excluding hydrogens is 274 g/mol. The second-order valence-corrected chi connectivity index (χ2v) is 6.76. The van der Waals surface area contributed by atoms with Crippen LogP contribution in [0.5, 0.6) is 0 Å². The Morgan fingerprint density at radius 3 is 2.41 bits per heavy atom. The smallest absolute Gasteiger partial charge is 0.272 e. The molecule has 0 spiro atoms. The van der Waals surface area contributed by atoms with Crippen molar-refractivity contribution in [3.05, 3.63) is 23.9 Å². The van der Waals surface area contributed by atoms with Gasteiger partial charge in [0.1, 0.15) is 11.5 Å². The monoisotopic (exact) mass is 301 g/mol. The molecule has 3 rings (SSSR count). The minimum absolute atomic E-state index is 0.101. The van der Waals surface area contributed by atoms with Gasteiger partial charge >= 0.3 is 0 Å². The summed E-state index contributed by atoms with van der Waals surface area (Å²) < 4.78 is 0. The molecule has 2 aliphatic rings. The molecule has 2 aliphatic heterocycles. The van der Waals surface area contributed by atoms with Crippen LogP contribution in [0.2, 0.25) is 0 Å². The summed E-state index contributed by atoms with van der Waals surface area (Å²) in [4.78, 5) is 21.6. The Balaban J connectivity index is 1.71. The largest absolute Gasteiger partial charge is 0.357 e. The summed E-state index contributed by atoms with van der Waals surface area (Å²) in [7, 11) is 0. The van der Waals surface area contributed by atoms with Gasteiger partial charge in [0, 0.05) is 26.2 Å². The number of piperidine rings is 1. The third kappa shape index (κ3) is 3.60. The Morgan fingerprint density at radius 2 is 1.73 bits per heavy atom. The number of amides is 1. The van der Waals surface area contributed by atoms with Crippen molar-refractivity contribution in [2.45, 2.75) is 45.4 Å². The van der Waals surface area contributed by atoms with E-state index in [1.807, 2.05) is 23.1 Å². The molecule has 0 unspecified atom stereocenters. The van der Waals surface area contributed by atoms with E-state index < -0.39 is 0 Å². The second kappa shape index (κ2) is 7.12. The van der Waals surface area contributed by atoms with Crippen LogP contribution in [-0.4, -0.2) is 42.0 Å². The van der Waals surface area contributed by atoms with E-state index in [1.165, 1.54) is 25.7 Å². The van der Waals surface area contributed by atoms with Crippen LogP contribution in [0.25, 0.3) is 0 Å². The van der Waals surface area contributed by atoms with Gasteiger partial charge in [0.15, 0.2) is 0 Å². The van der Waals surface area contributed by atoms with Gasteiger partial charge in [0.2, 0.25) is 0 Å². The highest BCUT2D eigenvalue weighted by Crippen LogP contribution is 2.20. The van der Waals surface area contributed by atoms with Crippen molar-refractivity contribution in [2.24, 2.45) is 5.92 Å². The zero-order valence-corrected chi connectivity index (χ0v) is 13.6. The molecule has 1 aromatic heterocycles. The molecule has 0 aliphatic carbocycles. The number of likely N-dealkylation sites (tertiary alicyclic amines) is 1. The number of pyridine rings is 1. The first-order chi connectivity index (χ1) is 10.7. The van der Waals surface area contributed by atoms with Gasteiger partial charge in [-0.3, -0.25) is 4.79 Å². The zero-order valence-electron chi connectivity index (χ0n) is 13.6. The van der Waals surface area contributed by atoms with E-state index in [0.29, 0.717) is 5.69 Å². The quantitative estimate of drug-likeness (QED) is 0.840. The first-order valence-electron chi connectivity index (χ1n) is 8.75. The molecule has 0 bridgehead atoms. The molecule has 0 atom stereocenters. The van der Waals surface area contributed by atoms with Crippen molar-refractivity contribution < 1.29 is 4.79 Å². The average Bonchev–Trinajstić information content (AvgIpc) is 2.84. The summed E-state index contributed by atoms with van der Waals surface area (Å²) in [5.41, 5.74) is 0.608. The van der Waals surface area contributed by atoms with Crippen LogP contribution in [0.15, 0.2) is 18.2 Å². The molecule has 120 valence electrons. The number of nitrogens with zero attached hydrogens (tertiary/aromatic N) is 3. The number of hydrogen-bond donors (Lipinski definition) is 0. The molecule has 22 heavy (non-hydrogen) atoms. The summed E-state index contributed by atoms with van der Waals surface area (Å²) in [5.74, 6) is 1.81. The molecule has 4 heteroatoms. The van der Waals surface area contributed by atoms with Crippen LogP contribution in [-0.2, 0) is 0 Å². The van der Waals surface area contributed by atoms with Gasteiger partial charge in [-0.05, 0) is 43.7 Å². The summed E-state index contributed by atoms with van der Waals surface area (Å²) in [6, 6.07) is 5.88. The summed E-state index contributed by atoms with van der Waals surface area (Å²) in [6.07, 6.45) is 7.28. The number of carbonyl (C=O) groups is 1. The number of aromatic nitrogens is 1. The molecule has 0 aromatic carbocycles. The van der Waals surface area contributed by atoms with Gasteiger partial charge in [-0.2, -0.15) is 0 Å². The van der Waals surface area contributed by atoms with Crippen LogP contribution >= 0.6 is 0 Å². The Bertz CT molecular complexity index is 501. The van der Waals surface area contributed by atoms with E-state index >= 15 is 0 Å². The fourth-order valence-corrected chi connectivity index (χ4v) is 3.39. The molecule has 0 radical (unpaired) electrons. The third-order valence-corrected chi connectivity index (χ3v) is 4.95. The first-order valence-corrected chi connectivity index (χ1v) is 8.75. The van der Waals surface area contributed by atoms with Crippen molar-refractivity contribution in [3.8, 4) is 0 Å². The summed E-state index contributed by atoms with van der Waals surface area (Å²) in [6.45, 7) is 6.13. The molecule has 1 aromatic rings. The standard InChI is InChI=1S/C18H27N3O/c1-15-9-13-21(14-10-15)18(22)16-7-6-8-17(19-16)20-11-4-2-3-5-12-20/h6-8,15H,2-5,9-14H2,1H3. The highest BCUT2D eigenvalue weighted by atomic mass is 16.2. The van der Waals surface area contributed by atoms with Gasteiger partial charge in [-0.1, -0.05) is 25.8 Å². The van der Waals surface area contributed by atoms with Crippen molar-refractivity contribution in [1.82, 2.24) is 9.88 Å². The van der Waals surface area contributed by atoms with E-state index in [9.17, 15) is 4.79 Å². The zero-order chi connectivity index (χ0) is 15.4. The number of anilines is 1. The molecule has 3 heterocycles. The lowest BCUT2D eigenvalue weighted by molar-refractivity contribution is 0.0691. The van der Waals surface area contributed by atoms with Crippen molar-refractivity contribution in [2.75, 3.05) is 31.1 Å². The fourth-order valence-electron chi connectivity index (χ4n) is 3.39. The van der Waals surface area contributed by atoms with Crippen LogP contribution in [0.4, 0.5) is 5.82 Å². The number of carbonyl (C=O) groups excluding carboxylic acids is 1. The van der Waals surface area contributed by atoms with E-state index in [-0.39, 0.29) is 5.91 Å². The van der Waals surface area contributed by atoms with Gasteiger partial charge in [0.25, 0.3) is 5.91 Å². The SMILES string of the molecule is CC1CCN(C(=O)c2cccc(N3CCCCCC3)n2)CC1. The van der Waals surface area contributed by atoms with Crippen LogP contribution in [0, 0.1) is 5.92 Å². The first kappa shape index (κ1) is 15.3. The van der Waals surface area contributed by atoms with Crippen molar-refractivity contribution >= 4 is 11.7 Å². The van der Waals surface area contributed by atoms with Gasteiger partial charge in [0.05, 0.1) is 0 Å². The summed E-state index contributed by atoms with van der Waals surface area (Å²) in [5, 5.41) is 0. The van der Waals surface area contributed by atoms with E-state index in [1.54, 1.807) is 0 Å². The van der Waals surface area contributed by atoms with Crippen LogP contribution < -0.4 is 4.90 Å². The van der Waals surface area contributed by atoms with Crippen LogP contribution in [0.1, 0.15) is 55.9 Å². The molecule has 2 saturated heterocycles. The molecule has 0 saturated carbocycles. The highest BCUT2D eigenvalue weighted by Gasteiger charge is 2.23. The lowest BCUT2D eigenvalue weighted by atomic mass is 9.99. The molecule has 1 amide bonds. The predicted octanol–water partition coefficient (Wildman–Crippen LogP) is 3.33. The van der Waals surface area contributed by atoms with Crippen molar-refractivity contribution in [3.63, 3.8) is 0 Å². The van der Waals surface area contributed by atoms with Crippen LogP contribution in [0.3, 0.4) is 0 Å². The number of rotatable bonds is 2. The maximum atomic E-state index is 12.7. The molecule has 0 N–H and O–H groups in total. The van der Waals surface area contributed by atoms with Gasteiger partial charge in [-0.25, -0.2) is 4.98 Å². The Kier molecular flexibility index (Phi) is 4.96. The predicted molar refractivity (Wildman–Crippen MR) is 89.2 cm³/mol. The lowest BCUT2D eigenvalue weighted by Gasteiger charge is -2.30. The fraction of sp³-hybridized carbons (Fsp3) is 0.667. The third-order valence-electron chi connectivity index (χ3n) is 4.95. The molecule has 4 nitrogen and oxygen atoms in total. The Hall–Kier alpha value is -1.58. The molecule has 2 fully saturated rings. The maximum Gasteiger partial charge on any atom is 0.272 e. The normalized spacial score (nSPS) is 20.8.